The molecule has 0 aromatic rings. The number of hydrazone groups is 1. The van der Waals surface area contributed by atoms with Crippen LogP contribution in [0.25, 0.3) is 0 Å². The van der Waals surface area contributed by atoms with Crippen molar-refractivity contribution < 1.29 is 0 Å². The lowest BCUT2D eigenvalue weighted by Gasteiger charge is -2.20. The Kier molecular flexibility index (Phi) is 4.56. The van der Waals surface area contributed by atoms with E-state index in [4.69, 9.17) is 11.6 Å². The van der Waals surface area contributed by atoms with E-state index in [0.29, 0.717) is 5.96 Å². The predicted octanol–water partition coefficient (Wildman–Crippen LogP) is 1.08. The molecule has 1 fully saturated rings. The quantitative estimate of drug-likeness (QED) is 0.302. The van der Waals surface area contributed by atoms with Gasteiger partial charge in [0.25, 0.3) is 0 Å². The molecular weight excluding hydrogens is 176 g/mol. The van der Waals surface area contributed by atoms with Gasteiger partial charge in [0.05, 0.1) is 0 Å². The van der Waals surface area contributed by atoms with Gasteiger partial charge in [-0.3, -0.25) is 0 Å². The Morgan fingerprint density at radius 3 is 2.86 bits per heavy atom. The van der Waals surface area contributed by atoms with Gasteiger partial charge >= 0.3 is 0 Å². The molecule has 1 heterocycles. The molecule has 0 aromatic carbocycles. The Bertz CT molecular complexity index is 191. The molecule has 4 heteroatoms. The van der Waals surface area contributed by atoms with Crippen molar-refractivity contribution in [1.82, 2.24) is 4.90 Å². The molecule has 1 atom stereocenters. The van der Waals surface area contributed by atoms with Crippen LogP contribution in [-0.2, 0) is 0 Å². The maximum atomic E-state index is 5.69. The van der Waals surface area contributed by atoms with Crippen LogP contribution in [0.5, 0.6) is 0 Å². The van der Waals surface area contributed by atoms with Crippen LogP contribution in [0, 0.1) is 5.92 Å². The van der Waals surface area contributed by atoms with Crippen molar-refractivity contribution in [1.29, 1.82) is 0 Å². The third-order valence-electron chi connectivity index (χ3n) is 3.00. The fraction of sp³-hybridized carbons (Fsp3) is 0.900. The average Bonchev–Trinajstić information content (AvgIpc) is 2.43. The van der Waals surface area contributed by atoms with Crippen LogP contribution < -0.4 is 11.6 Å². The molecule has 0 bridgehead atoms. The van der Waals surface area contributed by atoms with Gasteiger partial charge in [-0.25, -0.2) is 0 Å². The maximum Gasteiger partial charge on any atom is 0.213 e. The molecular formula is C10H22N4. The third-order valence-corrected chi connectivity index (χ3v) is 3.00. The second kappa shape index (κ2) is 5.73. The minimum atomic E-state index is 0.488. The zero-order chi connectivity index (χ0) is 10.4. The van der Waals surface area contributed by atoms with E-state index in [0.717, 1.165) is 19.0 Å². The Morgan fingerprint density at radius 1 is 1.43 bits per heavy atom. The summed E-state index contributed by atoms with van der Waals surface area (Å²) in [5.74, 6) is 6.53. The molecule has 4 N–H and O–H groups in total. The van der Waals surface area contributed by atoms with E-state index in [1.807, 2.05) is 0 Å². The number of likely N-dealkylation sites (tertiary alicyclic amines) is 1. The summed E-state index contributed by atoms with van der Waals surface area (Å²) in [6.45, 7) is 4.27. The summed E-state index contributed by atoms with van der Waals surface area (Å²) in [6, 6.07) is 0. The third kappa shape index (κ3) is 3.09. The summed E-state index contributed by atoms with van der Waals surface area (Å²) in [5.41, 5.74) is 5.69. The van der Waals surface area contributed by atoms with Gasteiger partial charge in [0.15, 0.2) is 0 Å². The molecule has 4 nitrogen and oxygen atoms in total. The van der Waals surface area contributed by atoms with Gasteiger partial charge in [0, 0.05) is 13.1 Å². The van der Waals surface area contributed by atoms with Crippen molar-refractivity contribution in [3.8, 4) is 0 Å². The second-order valence-electron chi connectivity index (χ2n) is 4.06. The number of hydrogen-bond acceptors (Lipinski definition) is 2. The lowest BCUT2D eigenvalue weighted by atomic mass is 9.96. The van der Waals surface area contributed by atoms with Gasteiger partial charge in [-0.05, 0) is 25.2 Å². The van der Waals surface area contributed by atoms with Crippen molar-refractivity contribution in [2.45, 2.75) is 39.0 Å². The van der Waals surface area contributed by atoms with Crippen LogP contribution in [0.2, 0.25) is 0 Å². The zero-order valence-electron chi connectivity index (χ0n) is 9.08. The van der Waals surface area contributed by atoms with Crippen LogP contribution in [0.1, 0.15) is 39.0 Å². The molecule has 0 saturated carbocycles. The molecule has 1 rings (SSSR count). The van der Waals surface area contributed by atoms with Crippen molar-refractivity contribution in [3.05, 3.63) is 0 Å². The molecule has 0 spiro atoms. The van der Waals surface area contributed by atoms with Crippen molar-refractivity contribution in [3.63, 3.8) is 0 Å². The molecule has 82 valence electrons. The monoisotopic (exact) mass is 198 g/mol. The predicted molar refractivity (Wildman–Crippen MR) is 59.6 cm³/mol. The van der Waals surface area contributed by atoms with E-state index in [1.165, 1.54) is 32.1 Å². The fourth-order valence-corrected chi connectivity index (χ4v) is 2.17. The molecule has 1 saturated heterocycles. The molecule has 1 unspecified atom stereocenters. The number of nitrogens with zero attached hydrogens (tertiary/aromatic N) is 2. The smallest absolute Gasteiger partial charge is 0.213 e. The number of nitrogens with two attached hydrogens (primary N) is 2. The summed E-state index contributed by atoms with van der Waals surface area (Å²) in [6.07, 6.45) is 6.38. The Hall–Kier alpha value is -0.930. The lowest BCUT2D eigenvalue weighted by Crippen LogP contribution is -2.38. The molecule has 1 aliphatic rings. The normalized spacial score (nSPS) is 24.8. The highest BCUT2D eigenvalue weighted by atomic mass is 15.3. The highest BCUT2D eigenvalue weighted by Crippen LogP contribution is 2.21. The van der Waals surface area contributed by atoms with Crippen LogP contribution in [0.3, 0.4) is 0 Å². The van der Waals surface area contributed by atoms with Gasteiger partial charge in [0.2, 0.25) is 5.96 Å². The van der Waals surface area contributed by atoms with Crippen molar-refractivity contribution >= 4 is 5.96 Å². The summed E-state index contributed by atoms with van der Waals surface area (Å²) in [4.78, 5) is 2.09. The van der Waals surface area contributed by atoms with E-state index >= 15 is 0 Å². The number of rotatable bonds is 2. The van der Waals surface area contributed by atoms with Gasteiger partial charge < -0.3 is 16.5 Å². The van der Waals surface area contributed by atoms with Gasteiger partial charge in [-0.1, -0.05) is 19.8 Å². The molecule has 14 heavy (non-hydrogen) atoms. The van der Waals surface area contributed by atoms with E-state index in [-0.39, 0.29) is 0 Å². The fourth-order valence-electron chi connectivity index (χ4n) is 2.17. The standard InChI is InChI=1S/C10H22N4/c1-2-4-9-5-3-7-14(8-6-9)10(11)13-12/h9H,2-8,12H2,1H3,(H2,11,13). The minimum Gasteiger partial charge on any atom is -0.368 e. The van der Waals surface area contributed by atoms with Gasteiger partial charge in [0.1, 0.15) is 0 Å². The summed E-state index contributed by atoms with van der Waals surface area (Å²) in [5, 5.41) is 3.55. The number of guanidine groups is 1. The Balaban J connectivity index is 2.40. The van der Waals surface area contributed by atoms with Crippen LogP contribution in [-0.4, -0.2) is 23.9 Å². The first-order valence-electron chi connectivity index (χ1n) is 5.56. The molecule has 1 aliphatic heterocycles. The zero-order valence-corrected chi connectivity index (χ0v) is 9.08. The minimum absolute atomic E-state index is 0.488. The first-order valence-corrected chi connectivity index (χ1v) is 5.56. The van der Waals surface area contributed by atoms with E-state index in [2.05, 4.69) is 16.9 Å². The first-order chi connectivity index (χ1) is 6.77. The summed E-state index contributed by atoms with van der Waals surface area (Å²) < 4.78 is 0. The van der Waals surface area contributed by atoms with E-state index < -0.39 is 0 Å². The first kappa shape index (κ1) is 11.1. The molecule has 0 amide bonds. The van der Waals surface area contributed by atoms with Crippen LogP contribution in [0.4, 0.5) is 0 Å². The maximum absolute atomic E-state index is 5.69. The van der Waals surface area contributed by atoms with Crippen molar-refractivity contribution in [2.75, 3.05) is 13.1 Å². The lowest BCUT2D eigenvalue weighted by molar-refractivity contribution is 0.399. The molecule has 0 aromatic heterocycles. The molecule has 0 aliphatic carbocycles. The van der Waals surface area contributed by atoms with Gasteiger partial charge in [-0.15, -0.1) is 5.10 Å². The largest absolute Gasteiger partial charge is 0.368 e. The highest BCUT2D eigenvalue weighted by Gasteiger charge is 2.17. The van der Waals surface area contributed by atoms with Crippen LogP contribution >= 0.6 is 0 Å². The van der Waals surface area contributed by atoms with E-state index in [9.17, 15) is 0 Å². The summed E-state index contributed by atoms with van der Waals surface area (Å²) >= 11 is 0. The number of hydrogen-bond donors (Lipinski definition) is 2. The second-order valence-corrected chi connectivity index (χ2v) is 4.06. The van der Waals surface area contributed by atoms with Crippen molar-refractivity contribution in [2.24, 2.45) is 22.6 Å². The Morgan fingerprint density at radius 2 is 2.21 bits per heavy atom. The topological polar surface area (TPSA) is 67.6 Å². The highest BCUT2D eigenvalue weighted by molar-refractivity contribution is 5.77. The molecule has 0 radical (unpaired) electrons. The SMILES string of the molecule is CCCC1CCCN(/C(N)=N/N)CC1. The summed E-state index contributed by atoms with van der Waals surface area (Å²) in [7, 11) is 0. The van der Waals surface area contributed by atoms with E-state index in [1.54, 1.807) is 0 Å². The average molecular weight is 198 g/mol. The van der Waals surface area contributed by atoms with Gasteiger partial charge in [-0.2, -0.15) is 0 Å². The van der Waals surface area contributed by atoms with Crippen LogP contribution in [0.15, 0.2) is 5.10 Å². The Labute approximate surface area is 86.3 Å².